The zero-order chi connectivity index (χ0) is 22.3. The maximum atomic E-state index is 12.8. The van der Waals surface area contributed by atoms with Crippen molar-refractivity contribution in [2.75, 3.05) is 25.4 Å². The fourth-order valence-electron chi connectivity index (χ4n) is 4.88. The van der Waals surface area contributed by atoms with Crippen molar-refractivity contribution < 1.29 is 17.6 Å². The van der Waals surface area contributed by atoms with Crippen LogP contribution >= 0.6 is 11.8 Å². The van der Waals surface area contributed by atoms with E-state index >= 15 is 0 Å². The van der Waals surface area contributed by atoms with Gasteiger partial charge < -0.3 is 13.9 Å². The van der Waals surface area contributed by atoms with E-state index in [2.05, 4.69) is 15.1 Å². The molecule has 1 saturated carbocycles. The number of hydrogen-bond acceptors (Lipinski definition) is 5. The first-order valence-corrected chi connectivity index (χ1v) is 11.8. The topological polar surface area (TPSA) is 47.1 Å². The van der Waals surface area contributed by atoms with Crippen LogP contribution in [0.25, 0.3) is 11.4 Å². The Morgan fingerprint density at radius 3 is 2.72 bits per heavy atom. The molecular weight excluding hydrogens is 437 g/mol. The zero-order valence-electron chi connectivity index (χ0n) is 17.8. The van der Waals surface area contributed by atoms with Crippen molar-refractivity contribution in [2.24, 2.45) is 12.5 Å². The third-order valence-electron chi connectivity index (χ3n) is 6.76. The molecule has 1 aliphatic carbocycles. The molecule has 5 nitrogen and oxygen atoms in total. The molecule has 1 saturated heterocycles. The minimum atomic E-state index is -4.27. The van der Waals surface area contributed by atoms with Crippen molar-refractivity contribution in [1.29, 1.82) is 0 Å². The highest BCUT2D eigenvalue weighted by Crippen LogP contribution is 2.64. The number of likely N-dealkylation sites (tertiary alicyclic amines) is 1. The van der Waals surface area contributed by atoms with E-state index in [0.29, 0.717) is 5.92 Å². The Morgan fingerprint density at radius 1 is 1.19 bits per heavy atom. The van der Waals surface area contributed by atoms with Crippen molar-refractivity contribution in [3.05, 3.63) is 54.0 Å². The summed E-state index contributed by atoms with van der Waals surface area (Å²) >= 11 is 1.70. The van der Waals surface area contributed by atoms with E-state index in [-0.39, 0.29) is 5.41 Å². The molecule has 5 rings (SSSR count). The molecule has 170 valence electrons. The minimum absolute atomic E-state index is 0.260. The van der Waals surface area contributed by atoms with E-state index in [9.17, 15) is 13.2 Å². The molecule has 0 N–H and O–H groups in total. The lowest BCUT2D eigenvalue weighted by Gasteiger charge is -2.16. The van der Waals surface area contributed by atoms with Gasteiger partial charge in [-0.1, -0.05) is 23.9 Å². The lowest BCUT2D eigenvalue weighted by Crippen LogP contribution is -2.23. The average molecular weight is 463 g/mol. The van der Waals surface area contributed by atoms with Crippen molar-refractivity contribution in [3.63, 3.8) is 0 Å². The quantitative estimate of drug-likeness (QED) is 0.345. The Bertz CT molecular complexity index is 1060. The summed E-state index contributed by atoms with van der Waals surface area (Å²) in [5, 5.41) is 9.44. The smallest absolute Gasteiger partial charge is 0.416 e. The van der Waals surface area contributed by atoms with Gasteiger partial charge >= 0.3 is 6.18 Å². The van der Waals surface area contributed by atoms with E-state index < -0.39 is 11.7 Å². The largest absolute Gasteiger partial charge is 0.472 e. The number of aromatic nitrogens is 3. The molecule has 3 aromatic rings. The number of thioether (sulfide) groups is 1. The number of halogens is 3. The first-order chi connectivity index (χ1) is 15.4. The Hall–Kier alpha value is -2.26. The second-order valence-electron chi connectivity index (χ2n) is 8.84. The molecule has 0 amide bonds. The van der Waals surface area contributed by atoms with E-state index in [1.54, 1.807) is 36.4 Å². The van der Waals surface area contributed by atoms with Crippen LogP contribution in [0.15, 0.2) is 52.4 Å². The lowest BCUT2D eigenvalue weighted by atomic mass is 9.97. The van der Waals surface area contributed by atoms with Gasteiger partial charge in [0, 0.05) is 19.3 Å². The summed E-state index contributed by atoms with van der Waals surface area (Å²) in [4.78, 5) is 2.50. The molecule has 32 heavy (non-hydrogen) atoms. The fraction of sp³-hybridized carbons (Fsp3) is 0.478. The van der Waals surface area contributed by atoms with E-state index in [1.165, 1.54) is 12.1 Å². The van der Waals surface area contributed by atoms with Gasteiger partial charge in [0.1, 0.15) is 6.26 Å². The lowest BCUT2D eigenvalue weighted by molar-refractivity contribution is -0.137. The average Bonchev–Trinajstić information content (AvgIpc) is 3.16. The Kier molecular flexibility index (Phi) is 5.57. The molecule has 1 unspecified atom stereocenters. The first kappa shape index (κ1) is 21.6. The number of benzene rings is 1. The van der Waals surface area contributed by atoms with Gasteiger partial charge in [0.25, 0.3) is 0 Å². The van der Waals surface area contributed by atoms with Gasteiger partial charge in [-0.3, -0.25) is 0 Å². The summed E-state index contributed by atoms with van der Waals surface area (Å²) in [6.07, 6.45) is 2.29. The summed E-state index contributed by atoms with van der Waals surface area (Å²) in [6, 6.07) is 7.64. The van der Waals surface area contributed by atoms with Crippen LogP contribution in [-0.2, 0) is 13.2 Å². The van der Waals surface area contributed by atoms with Gasteiger partial charge in [-0.2, -0.15) is 13.2 Å². The molecule has 1 spiro atoms. The van der Waals surface area contributed by atoms with Gasteiger partial charge in [0.2, 0.25) is 0 Å². The van der Waals surface area contributed by atoms with Crippen molar-refractivity contribution in [3.8, 4) is 11.4 Å². The SMILES string of the molecule is Cn1c(SCCCN2CC[C@]3(CC3c3ccc(C(F)(F)F)cc3)C2)nnc1-c1ccoc1. The molecule has 0 bridgehead atoms. The molecule has 3 heterocycles. The van der Waals surface area contributed by atoms with E-state index in [0.717, 1.165) is 66.8 Å². The molecular formula is C23H25F3N4OS. The first-order valence-electron chi connectivity index (χ1n) is 10.8. The maximum Gasteiger partial charge on any atom is 0.416 e. The second kappa shape index (κ2) is 8.26. The van der Waals surface area contributed by atoms with Gasteiger partial charge in [0.15, 0.2) is 11.0 Å². The number of furan rings is 1. The number of nitrogens with zero attached hydrogens (tertiary/aromatic N) is 4. The Labute approximate surface area is 189 Å². The molecule has 1 aromatic carbocycles. The van der Waals surface area contributed by atoms with Gasteiger partial charge in [-0.25, -0.2) is 0 Å². The van der Waals surface area contributed by atoms with Crippen molar-refractivity contribution in [1.82, 2.24) is 19.7 Å². The second-order valence-corrected chi connectivity index (χ2v) is 9.91. The third-order valence-corrected chi connectivity index (χ3v) is 7.87. The predicted octanol–water partition coefficient (Wildman–Crippen LogP) is 5.46. The monoisotopic (exact) mass is 462 g/mol. The highest BCUT2D eigenvalue weighted by Gasteiger charge is 2.57. The third kappa shape index (κ3) is 4.20. The summed E-state index contributed by atoms with van der Waals surface area (Å²) in [5.74, 6) is 2.15. The highest BCUT2D eigenvalue weighted by molar-refractivity contribution is 7.99. The Morgan fingerprint density at radius 2 is 2.00 bits per heavy atom. The van der Waals surface area contributed by atoms with E-state index in [1.807, 2.05) is 17.7 Å². The standard InChI is InChI=1S/C23H25F3N4OS/c1-29-20(17-7-11-31-14-17)27-28-21(29)32-12-2-9-30-10-8-22(15-30)13-19(22)16-3-5-18(6-4-16)23(24,25)26/h3-7,11,14,19H,2,8-10,12-13,15H2,1H3/t19?,22-/m0/s1. The molecule has 1 aliphatic heterocycles. The maximum absolute atomic E-state index is 12.8. The van der Waals surface area contributed by atoms with Crippen LogP contribution in [-0.4, -0.2) is 45.1 Å². The number of rotatable bonds is 7. The molecule has 0 radical (unpaired) electrons. The summed E-state index contributed by atoms with van der Waals surface area (Å²) in [6.45, 7) is 3.13. The number of alkyl halides is 3. The fourth-order valence-corrected chi connectivity index (χ4v) is 5.72. The predicted molar refractivity (Wildman–Crippen MR) is 116 cm³/mol. The van der Waals surface area contributed by atoms with Crippen LogP contribution in [0.1, 0.15) is 36.3 Å². The molecule has 2 aromatic heterocycles. The molecule has 2 fully saturated rings. The van der Waals surface area contributed by atoms with Crippen LogP contribution in [0.4, 0.5) is 13.2 Å². The zero-order valence-corrected chi connectivity index (χ0v) is 18.6. The molecule has 2 atom stereocenters. The van der Waals surface area contributed by atoms with Gasteiger partial charge in [0.05, 0.1) is 17.4 Å². The summed E-state index contributed by atoms with van der Waals surface area (Å²) < 4.78 is 45.5. The van der Waals surface area contributed by atoms with Crippen molar-refractivity contribution >= 4 is 11.8 Å². The van der Waals surface area contributed by atoms with Gasteiger partial charge in [-0.15, -0.1) is 10.2 Å². The minimum Gasteiger partial charge on any atom is -0.472 e. The molecule has 2 aliphatic rings. The Balaban J connectivity index is 1.08. The van der Waals surface area contributed by atoms with Crippen LogP contribution in [0.3, 0.4) is 0 Å². The highest BCUT2D eigenvalue weighted by atomic mass is 32.2. The van der Waals surface area contributed by atoms with Crippen LogP contribution in [0.5, 0.6) is 0 Å². The van der Waals surface area contributed by atoms with Gasteiger partial charge in [-0.05, 0) is 67.4 Å². The van der Waals surface area contributed by atoms with Crippen molar-refractivity contribution in [2.45, 2.75) is 36.5 Å². The van der Waals surface area contributed by atoms with Crippen LogP contribution in [0, 0.1) is 5.41 Å². The van der Waals surface area contributed by atoms with Crippen LogP contribution in [0.2, 0.25) is 0 Å². The summed E-state index contributed by atoms with van der Waals surface area (Å²) in [7, 11) is 1.96. The van der Waals surface area contributed by atoms with E-state index in [4.69, 9.17) is 4.42 Å². The van der Waals surface area contributed by atoms with Crippen LogP contribution < -0.4 is 0 Å². The number of hydrogen-bond donors (Lipinski definition) is 0. The summed E-state index contributed by atoms with van der Waals surface area (Å²) in [5.41, 5.74) is 1.66. The molecule has 9 heteroatoms. The normalized spacial score (nSPS) is 23.3.